The minimum atomic E-state index is -0.116. The fourth-order valence-corrected chi connectivity index (χ4v) is 3.42. The maximum atomic E-state index is 6.58. The minimum Gasteiger partial charge on any atom is -0.378 e. The summed E-state index contributed by atoms with van der Waals surface area (Å²) in [6.07, 6.45) is 0. The van der Waals surface area contributed by atoms with Crippen molar-refractivity contribution in [2.45, 2.75) is 6.04 Å². The normalized spacial score (nSPS) is 16.3. The summed E-state index contributed by atoms with van der Waals surface area (Å²) >= 11 is 0. The third kappa shape index (κ3) is 2.88. The molecule has 122 valence electrons. The van der Waals surface area contributed by atoms with Gasteiger partial charge in [0.15, 0.2) is 0 Å². The molecule has 1 heterocycles. The summed E-state index contributed by atoms with van der Waals surface area (Å²) in [5, 5.41) is 2.46. The van der Waals surface area contributed by atoms with Gasteiger partial charge in [-0.1, -0.05) is 54.6 Å². The van der Waals surface area contributed by atoms with Crippen LogP contribution < -0.4 is 10.6 Å². The van der Waals surface area contributed by atoms with Gasteiger partial charge in [-0.2, -0.15) is 0 Å². The zero-order chi connectivity index (χ0) is 16.4. The van der Waals surface area contributed by atoms with E-state index in [1.54, 1.807) is 0 Å². The maximum Gasteiger partial charge on any atom is 0.0642 e. The predicted octanol–water partition coefficient (Wildman–Crippen LogP) is 3.72. The fourth-order valence-electron chi connectivity index (χ4n) is 3.42. The van der Waals surface area contributed by atoms with E-state index >= 15 is 0 Å². The summed E-state index contributed by atoms with van der Waals surface area (Å²) < 4.78 is 5.42. The van der Waals surface area contributed by atoms with Crippen LogP contribution in [0.15, 0.2) is 66.7 Å². The molecule has 3 heteroatoms. The largest absolute Gasteiger partial charge is 0.378 e. The van der Waals surface area contributed by atoms with E-state index in [4.69, 9.17) is 10.5 Å². The Morgan fingerprint density at radius 3 is 2.33 bits per heavy atom. The molecule has 0 aliphatic carbocycles. The Morgan fingerprint density at radius 1 is 0.833 bits per heavy atom. The van der Waals surface area contributed by atoms with Crippen molar-refractivity contribution in [3.8, 4) is 0 Å². The van der Waals surface area contributed by atoms with E-state index in [1.807, 2.05) is 0 Å². The molecule has 1 aliphatic rings. The Morgan fingerprint density at radius 2 is 1.54 bits per heavy atom. The molecule has 0 bridgehead atoms. The van der Waals surface area contributed by atoms with Crippen molar-refractivity contribution in [2.75, 3.05) is 31.2 Å². The highest BCUT2D eigenvalue weighted by molar-refractivity contribution is 5.86. The molecule has 24 heavy (non-hydrogen) atoms. The van der Waals surface area contributed by atoms with E-state index < -0.39 is 0 Å². The molecule has 3 aromatic carbocycles. The summed E-state index contributed by atoms with van der Waals surface area (Å²) in [5.41, 5.74) is 10.1. The lowest BCUT2D eigenvalue weighted by atomic mass is 9.94. The molecule has 1 atom stereocenters. The summed E-state index contributed by atoms with van der Waals surface area (Å²) in [5.74, 6) is 0. The first-order chi connectivity index (χ1) is 11.8. The lowest BCUT2D eigenvalue weighted by molar-refractivity contribution is 0.122. The van der Waals surface area contributed by atoms with Gasteiger partial charge in [0.05, 0.1) is 19.3 Å². The van der Waals surface area contributed by atoms with Crippen LogP contribution in [0.5, 0.6) is 0 Å². The molecule has 1 unspecified atom stereocenters. The van der Waals surface area contributed by atoms with E-state index in [0.29, 0.717) is 0 Å². The highest BCUT2D eigenvalue weighted by atomic mass is 16.5. The van der Waals surface area contributed by atoms with Crippen LogP contribution in [0.1, 0.15) is 17.2 Å². The predicted molar refractivity (Wildman–Crippen MR) is 99.5 cm³/mol. The lowest BCUT2D eigenvalue weighted by Gasteiger charge is -2.29. The summed E-state index contributed by atoms with van der Waals surface area (Å²) in [4.78, 5) is 2.36. The SMILES string of the molecule is NC(c1ccc(N2CCOCC2)cc1)c1cccc2ccccc12. The Bertz CT molecular complexity index is 817. The average molecular weight is 318 g/mol. The molecule has 1 saturated heterocycles. The first kappa shape index (κ1) is 15.2. The molecule has 0 spiro atoms. The molecule has 0 aromatic heterocycles. The standard InChI is InChI=1S/C21H22N2O/c22-21(20-7-3-5-16-4-1-2-6-19(16)20)17-8-10-18(11-9-17)23-12-14-24-15-13-23/h1-11,21H,12-15,22H2. The number of hydrogen-bond donors (Lipinski definition) is 1. The second-order valence-electron chi connectivity index (χ2n) is 6.24. The number of benzene rings is 3. The third-order valence-electron chi connectivity index (χ3n) is 4.79. The molecule has 0 saturated carbocycles. The Kier molecular flexibility index (Phi) is 4.20. The van der Waals surface area contributed by atoms with E-state index in [9.17, 15) is 0 Å². The van der Waals surface area contributed by atoms with Crippen molar-refractivity contribution in [1.82, 2.24) is 0 Å². The average Bonchev–Trinajstić information content (AvgIpc) is 2.68. The van der Waals surface area contributed by atoms with E-state index in [2.05, 4.69) is 71.6 Å². The number of rotatable bonds is 3. The van der Waals surface area contributed by atoms with E-state index in [1.165, 1.54) is 22.0 Å². The zero-order valence-electron chi connectivity index (χ0n) is 13.7. The second-order valence-corrected chi connectivity index (χ2v) is 6.24. The van der Waals surface area contributed by atoms with Crippen LogP contribution in [0.25, 0.3) is 10.8 Å². The number of hydrogen-bond acceptors (Lipinski definition) is 3. The highest BCUT2D eigenvalue weighted by Gasteiger charge is 2.14. The van der Waals surface area contributed by atoms with Crippen LogP contribution in [0, 0.1) is 0 Å². The summed E-state index contributed by atoms with van der Waals surface area (Å²) in [6.45, 7) is 3.51. The van der Waals surface area contributed by atoms with Crippen molar-refractivity contribution < 1.29 is 4.74 Å². The van der Waals surface area contributed by atoms with Crippen LogP contribution in [0.3, 0.4) is 0 Å². The number of fused-ring (bicyclic) bond motifs is 1. The Balaban J connectivity index is 1.63. The van der Waals surface area contributed by atoms with Gasteiger partial charge < -0.3 is 15.4 Å². The molecular formula is C21H22N2O. The van der Waals surface area contributed by atoms with Crippen LogP contribution in [-0.4, -0.2) is 26.3 Å². The van der Waals surface area contributed by atoms with Crippen molar-refractivity contribution in [2.24, 2.45) is 5.73 Å². The van der Waals surface area contributed by atoms with Crippen molar-refractivity contribution >= 4 is 16.5 Å². The van der Waals surface area contributed by atoms with Crippen LogP contribution >= 0.6 is 0 Å². The van der Waals surface area contributed by atoms with Crippen molar-refractivity contribution in [3.63, 3.8) is 0 Å². The number of nitrogens with two attached hydrogens (primary N) is 1. The van der Waals surface area contributed by atoms with Crippen LogP contribution in [0.2, 0.25) is 0 Å². The summed E-state index contributed by atoms with van der Waals surface area (Å²) in [6, 6.07) is 23.3. The van der Waals surface area contributed by atoms with Crippen molar-refractivity contribution in [1.29, 1.82) is 0 Å². The van der Waals surface area contributed by atoms with Gasteiger partial charge in [-0.15, -0.1) is 0 Å². The van der Waals surface area contributed by atoms with Gasteiger partial charge in [-0.3, -0.25) is 0 Å². The van der Waals surface area contributed by atoms with Crippen LogP contribution in [0.4, 0.5) is 5.69 Å². The van der Waals surface area contributed by atoms with Crippen molar-refractivity contribution in [3.05, 3.63) is 77.9 Å². The fraction of sp³-hybridized carbons (Fsp3) is 0.238. The lowest BCUT2D eigenvalue weighted by Crippen LogP contribution is -2.36. The third-order valence-corrected chi connectivity index (χ3v) is 4.79. The quantitative estimate of drug-likeness (QED) is 0.800. The van der Waals surface area contributed by atoms with Crippen LogP contribution in [-0.2, 0) is 4.74 Å². The highest BCUT2D eigenvalue weighted by Crippen LogP contribution is 2.28. The molecule has 0 amide bonds. The first-order valence-electron chi connectivity index (χ1n) is 8.49. The second kappa shape index (κ2) is 6.63. The van der Waals surface area contributed by atoms with Gasteiger partial charge >= 0.3 is 0 Å². The molecule has 2 N–H and O–H groups in total. The zero-order valence-corrected chi connectivity index (χ0v) is 13.7. The molecule has 1 fully saturated rings. The molecular weight excluding hydrogens is 296 g/mol. The number of anilines is 1. The number of morpholine rings is 1. The van der Waals surface area contributed by atoms with E-state index in [0.717, 1.165) is 31.9 Å². The smallest absolute Gasteiger partial charge is 0.0642 e. The topological polar surface area (TPSA) is 38.5 Å². The first-order valence-corrected chi connectivity index (χ1v) is 8.49. The van der Waals surface area contributed by atoms with Gasteiger partial charge in [0.2, 0.25) is 0 Å². The number of nitrogens with zero attached hydrogens (tertiary/aromatic N) is 1. The van der Waals surface area contributed by atoms with E-state index in [-0.39, 0.29) is 6.04 Å². The monoisotopic (exact) mass is 318 g/mol. The molecule has 3 aromatic rings. The summed E-state index contributed by atoms with van der Waals surface area (Å²) in [7, 11) is 0. The molecule has 0 radical (unpaired) electrons. The Labute approximate surface area is 142 Å². The maximum absolute atomic E-state index is 6.58. The molecule has 4 rings (SSSR count). The minimum absolute atomic E-state index is 0.116. The van der Waals surface area contributed by atoms with Gasteiger partial charge in [0, 0.05) is 18.8 Å². The van der Waals surface area contributed by atoms with Gasteiger partial charge in [-0.05, 0) is 34.0 Å². The van der Waals surface area contributed by atoms with Gasteiger partial charge in [0.1, 0.15) is 0 Å². The Hall–Kier alpha value is -2.36. The van der Waals surface area contributed by atoms with Gasteiger partial charge in [0.25, 0.3) is 0 Å². The number of ether oxygens (including phenoxy) is 1. The van der Waals surface area contributed by atoms with Gasteiger partial charge in [-0.25, -0.2) is 0 Å². The molecule has 3 nitrogen and oxygen atoms in total. The molecule has 1 aliphatic heterocycles.